The second-order valence-electron chi connectivity index (χ2n) is 3.94. The number of phenolic OH excluding ortho intramolecular Hbond substituents is 1. The normalized spacial score (nSPS) is 9.64. The number of hydrogen-bond acceptors (Lipinski definition) is 3. The lowest BCUT2D eigenvalue weighted by Gasteiger charge is -2.01. The standard InChI is InChI=1S/2C7H5Br2NO/c8-5-1-4(3-10)7(11)6(9)2-5;8-5-3-1-2-4(6(5)9)7(10)11/h1-3,10-11H;1-3H,(H2,10,11). The summed E-state index contributed by atoms with van der Waals surface area (Å²) in [5, 5.41) is 16.3. The first-order chi connectivity index (χ1) is 10.3. The number of carbonyl (C=O) groups is 1. The third kappa shape index (κ3) is 5.19. The van der Waals surface area contributed by atoms with Gasteiger partial charge < -0.3 is 16.2 Å². The number of nitrogens with two attached hydrogens (primary N) is 1. The van der Waals surface area contributed by atoms with Crippen molar-refractivity contribution < 1.29 is 9.90 Å². The molecule has 0 aromatic heterocycles. The Labute approximate surface area is 161 Å². The van der Waals surface area contributed by atoms with E-state index in [4.69, 9.17) is 11.1 Å². The highest BCUT2D eigenvalue weighted by molar-refractivity contribution is 9.13. The summed E-state index contributed by atoms with van der Waals surface area (Å²) in [4.78, 5) is 10.7. The molecule has 116 valence electrons. The van der Waals surface area contributed by atoms with Crippen LogP contribution in [-0.4, -0.2) is 17.2 Å². The zero-order valence-corrected chi connectivity index (χ0v) is 17.3. The first kappa shape index (κ1) is 19.3. The van der Waals surface area contributed by atoms with E-state index < -0.39 is 5.91 Å². The molecule has 2 aromatic carbocycles. The van der Waals surface area contributed by atoms with Crippen molar-refractivity contribution in [1.82, 2.24) is 0 Å². The van der Waals surface area contributed by atoms with E-state index in [1.807, 2.05) is 6.07 Å². The first-order valence-corrected chi connectivity index (χ1v) is 8.87. The molecule has 0 fully saturated rings. The fourth-order valence-corrected chi connectivity index (χ4v) is 3.47. The van der Waals surface area contributed by atoms with Gasteiger partial charge in [-0.25, -0.2) is 0 Å². The van der Waals surface area contributed by atoms with E-state index in [-0.39, 0.29) is 5.75 Å². The van der Waals surface area contributed by atoms with Crippen molar-refractivity contribution in [1.29, 1.82) is 5.41 Å². The molecule has 0 spiro atoms. The van der Waals surface area contributed by atoms with Crippen molar-refractivity contribution in [3.63, 3.8) is 0 Å². The van der Waals surface area contributed by atoms with Gasteiger partial charge in [-0.15, -0.1) is 0 Å². The Kier molecular flexibility index (Phi) is 7.75. The predicted octanol–water partition coefficient (Wildman–Crippen LogP) is 5.23. The van der Waals surface area contributed by atoms with Crippen molar-refractivity contribution in [2.75, 3.05) is 0 Å². The Hall–Kier alpha value is -0.700. The monoisotopic (exact) mass is 554 g/mol. The highest BCUT2D eigenvalue weighted by Crippen LogP contribution is 2.30. The topological polar surface area (TPSA) is 87.2 Å². The smallest absolute Gasteiger partial charge is 0.249 e. The molecule has 0 bridgehead atoms. The second kappa shape index (κ2) is 8.81. The third-order valence-corrected chi connectivity index (χ3v) is 5.54. The molecule has 0 aliphatic rings. The van der Waals surface area contributed by atoms with E-state index in [1.165, 1.54) is 0 Å². The summed E-state index contributed by atoms with van der Waals surface area (Å²) < 4.78 is 2.95. The number of benzene rings is 2. The van der Waals surface area contributed by atoms with Gasteiger partial charge in [-0.1, -0.05) is 22.0 Å². The van der Waals surface area contributed by atoms with Crippen LogP contribution in [0.4, 0.5) is 0 Å². The van der Waals surface area contributed by atoms with Crippen LogP contribution in [0.5, 0.6) is 5.75 Å². The molecular weight excluding hydrogens is 548 g/mol. The average Bonchev–Trinajstić information content (AvgIpc) is 2.46. The van der Waals surface area contributed by atoms with Gasteiger partial charge in [-0.3, -0.25) is 4.79 Å². The van der Waals surface area contributed by atoms with E-state index in [9.17, 15) is 9.90 Å². The maximum atomic E-state index is 10.7. The van der Waals surface area contributed by atoms with Crippen molar-refractivity contribution in [2.45, 2.75) is 0 Å². The van der Waals surface area contributed by atoms with Crippen molar-refractivity contribution in [3.05, 3.63) is 59.3 Å². The minimum Gasteiger partial charge on any atom is -0.506 e. The summed E-state index contributed by atoms with van der Waals surface area (Å²) in [6, 6.07) is 8.65. The molecule has 1 amide bonds. The van der Waals surface area contributed by atoms with Crippen LogP contribution in [-0.2, 0) is 0 Å². The maximum absolute atomic E-state index is 10.7. The van der Waals surface area contributed by atoms with Crippen LogP contribution in [0.3, 0.4) is 0 Å². The maximum Gasteiger partial charge on any atom is 0.249 e. The van der Waals surface area contributed by atoms with Gasteiger partial charge in [-0.05, 0) is 72.1 Å². The number of amides is 1. The predicted molar refractivity (Wildman–Crippen MR) is 102 cm³/mol. The van der Waals surface area contributed by atoms with Gasteiger partial charge in [0, 0.05) is 25.2 Å². The quantitative estimate of drug-likeness (QED) is 0.442. The molecule has 0 saturated heterocycles. The number of phenols is 1. The van der Waals surface area contributed by atoms with Gasteiger partial charge in [-0.2, -0.15) is 0 Å². The van der Waals surface area contributed by atoms with Crippen LogP contribution in [0, 0.1) is 5.41 Å². The Morgan fingerprint density at radius 2 is 1.77 bits per heavy atom. The van der Waals surface area contributed by atoms with E-state index in [2.05, 4.69) is 63.7 Å². The van der Waals surface area contributed by atoms with Gasteiger partial charge in [0.1, 0.15) is 5.75 Å². The second-order valence-corrected chi connectivity index (χ2v) is 7.35. The summed E-state index contributed by atoms with van der Waals surface area (Å²) in [6.07, 6.45) is 1.10. The number of rotatable bonds is 2. The van der Waals surface area contributed by atoms with Crippen LogP contribution in [0.1, 0.15) is 15.9 Å². The van der Waals surface area contributed by atoms with Crippen LogP contribution in [0.2, 0.25) is 0 Å². The Morgan fingerprint density at radius 3 is 2.27 bits per heavy atom. The molecule has 4 N–H and O–H groups in total. The highest BCUT2D eigenvalue weighted by Gasteiger charge is 2.07. The van der Waals surface area contributed by atoms with E-state index >= 15 is 0 Å². The average molecular weight is 558 g/mol. The number of nitrogens with one attached hydrogen (secondary N) is 1. The highest BCUT2D eigenvalue weighted by atomic mass is 79.9. The zero-order chi connectivity index (χ0) is 16.9. The van der Waals surface area contributed by atoms with Crippen LogP contribution in [0.25, 0.3) is 0 Å². The lowest BCUT2D eigenvalue weighted by atomic mass is 10.2. The Bertz CT molecular complexity index is 720. The molecule has 0 aliphatic heterocycles. The molecule has 0 unspecified atom stereocenters. The minimum atomic E-state index is -0.432. The lowest BCUT2D eigenvalue weighted by molar-refractivity contribution is 0.0999. The number of hydrogen-bond donors (Lipinski definition) is 3. The fraction of sp³-hybridized carbons (Fsp3) is 0. The fourth-order valence-electron chi connectivity index (χ4n) is 1.39. The molecule has 0 atom stereocenters. The molecule has 2 aromatic rings. The summed E-state index contributed by atoms with van der Waals surface area (Å²) in [7, 11) is 0. The van der Waals surface area contributed by atoms with Gasteiger partial charge in [0.15, 0.2) is 0 Å². The molecular formula is C14H10Br4N2O2. The van der Waals surface area contributed by atoms with Gasteiger partial charge in [0.25, 0.3) is 0 Å². The van der Waals surface area contributed by atoms with Crippen LogP contribution in [0.15, 0.2) is 48.2 Å². The Morgan fingerprint density at radius 1 is 1.14 bits per heavy atom. The number of halogens is 4. The molecule has 0 heterocycles. The Balaban J connectivity index is 0.000000220. The molecule has 2 rings (SSSR count). The number of carbonyl (C=O) groups excluding carboxylic acids is 1. The summed E-state index contributed by atoms with van der Waals surface area (Å²) in [5.74, 6) is -0.332. The van der Waals surface area contributed by atoms with E-state index in [0.717, 1.165) is 15.2 Å². The van der Waals surface area contributed by atoms with Crippen LogP contribution >= 0.6 is 63.7 Å². The number of primary amides is 1. The molecule has 4 nitrogen and oxygen atoms in total. The molecule has 0 radical (unpaired) electrons. The molecule has 22 heavy (non-hydrogen) atoms. The largest absolute Gasteiger partial charge is 0.506 e. The summed E-state index contributed by atoms with van der Waals surface area (Å²) in [5.41, 5.74) is 6.07. The van der Waals surface area contributed by atoms with Crippen molar-refractivity contribution in [3.8, 4) is 5.75 Å². The molecule has 8 heteroatoms. The van der Waals surface area contributed by atoms with E-state index in [1.54, 1.807) is 24.3 Å². The third-order valence-electron chi connectivity index (χ3n) is 2.43. The van der Waals surface area contributed by atoms with E-state index in [0.29, 0.717) is 20.1 Å². The lowest BCUT2D eigenvalue weighted by Crippen LogP contribution is -2.11. The summed E-state index contributed by atoms with van der Waals surface area (Å²) >= 11 is 12.9. The summed E-state index contributed by atoms with van der Waals surface area (Å²) in [6.45, 7) is 0. The number of aromatic hydroxyl groups is 1. The zero-order valence-electron chi connectivity index (χ0n) is 10.9. The minimum absolute atomic E-state index is 0.100. The van der Waals surface area contributed by atoms with Gasteiger partial charge in [0.05, 0.1) is 10.0 Å². The van der Waals surface area contributed by atoms with Gasteiger partial charge >= 0.3 is 0 Å². The van der Waals surface area contributed by atoms with Crippen molar-refractivity contribution in [2.24, 2.45) is 5.73 Å². The van der Waals surface area contributed by atoms with Crippen LogP contribution < -0.4 is 5.73 Å². The molecule has 0 aliphatic carbocycles. The SMILES string of the molecule is N=Cc1cc(Br)cc(Br)c1O.NC(=O)c1cccc(Br)c1Br. The molecule has 0 saturated carbocycles. The van der Waals surface area contributed by atoms with Gasteiger partial charge in [0.2, 0.25) is 5.91 Å². The first-order valence-electron chi connectivity index (χ1n) is 5.70. The van der Waals surface area contributed by atoms with Crippen molar-refractivity contribution >= 4 is 75.8 Å².